The molecule has 0 saturated carbocycles. The molecule has 0 heterocycles. The maximum Gasteiger partial charge on any atom is 0.258 e. The van der Waals surface area contributed by atoms with Crippen molar-refractivity contribution < 1.29 is 19.4 Å². The Morgan fingerprint density at radius 3 is 2.43 bits per heavy atom. The molecule has 0 spiro atoms. The molecule has 0 radical (unpaired) electrons. The van der Waals surface area contributed by atoms with Crippen molar-refractivity contribution in [3.63, 3.8) is 0 Å². The summed E-state index contributed by atoms with van der Waals surface area (Å²) in [6.07, 6.45) is 0. The van der Waals surface area contributed by atoms with Crippen molar-refractivity contribution in [3.05, 3.63) is 95.1 Å². The number of rotatable bonds is 7. The topological polar surface area (TPSA) is 92.9 Å². The first-order valence-corrected chi connectivity index (χ1v) is 9.48. The Balaban J connectivity index is 2.10. The van der Waals surface area contributed by atoms with E-state index >= 15 is 0 Å². The van der Waals surface area contributed by atoms with Crippen molar-refractivity contribution in [2.75, 3.05) is 7.11 Å². The monoisotopic (exact) mass is 404 g/mol. The van der Waals surface area contributed by atoms with E-state index in [1.165, 1.54) is 17.0 Å². The second-order valence-electron chi connectivity index (χ2n) is 7.02. The van der Waals surface area contributed by atoms with Gasteiger partial charge in [0.1, 0.15) is 17.5 Å². The predicted molar refractivity (Wildman–Crippen MR) is 114 cm³/mol. The van der Waals surface area contributed by atoms with E-state index in [0.717, 1.165) is 11.1 Å². The summed E-state index contributed by atoms with van der Waals surface area (Å²) in [5.41, 5.74) is 8.17. The van der Waals surface area contributed by atoms with Gasteiger partial charge in [0, 0.05) is 6.54 Å². The minimum Gasteiger partial charge on any atom is -0.507 e. The maximum absolute atomic E-state index is 13.5. The van der Waals surface area contributed by atoms with E-state index in [0.29, 0.717) is 11.3 Å². The van der Waals surface area contributed by atoms with Gasteiger partial charge in [-0.15, -0.1) is 0 Å². The van der Waals surface area contributed by atoms with Crippen LogP contribution in [0.25, 0.3) is 0 Å². The van der Waals surface area contributed by atoms with E-state index < -0.39 is 17.9 Å². The molecule has 0 aliphatic rings. The lowest BCUT2D eigenvalue weighted by molar-refractivity contribution is -0.122. The van der Waals surface area contributed by atoms with E-state index in [1.807, 2.05) is 37.3 Å². The van der Waals surface area contributed by atoms with Crippen molar-refractivity contribution in [1.29, 1.82) is 0 Å². The lowest BCUT2D eigenvalue weighted by Gasteiger charge is -2.31. The first kappa shape index (κ1) is 20.9. The predicted octanol–water partition coefficient (Wildman–Crippen LogP) is 3.58. The van der Waals surface area contributed by atoms with Crippen molar-refractivity contribution in [2.24, 2.45) is 5.73 Å². The highest BCUT2D eigenvalue weighted by Gasteiger charge is 2.32. The zero-order valence-electron chi connectivity index (χ0n) is 16.9. The van der Waals surface area contributed by atoms with E-state index in [2.05, 4.69) is 0 Å². The normalized spacial score (nSPS) is 11.5. The molecule has 154 valence electrons. The molecule has 3 aromatic carbocycles. The van der Waals surface area contributed by atoms with Crippen molar-refractivity contribution in [3.8, 4) is 11.5 Å². The van der Waals surface area contributed by atoms with Gasteiger partial charge in [-0.1, -0.05) is 54.1 Å². The van der Waals surface area contributed by atoms with Crippen LogP contribution in [0.15, 0.2) is 72.8 Å². The zero-order valence-corrected chi connectivity index (χ0v) is 16.9. The van der Waals surface area contributed by atoms with Crippen molar-refractivity contribution >= 4 is 11.8 Å². The first-order chi connectivity index (χ1) is 14.4. The number of phenolic OH excluding ortho intramolecular Hbond substituents is 1. The summed E-state index contributed by atoms with van der Waals surface area (Å²) < 4.78 is 5.27. The Morgan fingerprint density at radius 1 is 1.03 bits per heavy atom. The summed E-state index contributed by atoms with van der Waals surface area (Å²) in [6.45, 7) is 2.00. The molecule has 0 saturated heterocycles. The third-order valence-electron chi connectivity index (χ3n) is 4.82. The van der Waals surface area contributed by atoms with Crippen LogP contribution >= 0.6 is 0 Å². The summed E-state index contributed by atoms with van der Waals surface area (Å²) in [5.74, 6) is -0.687. The van der Waals surface area contributed by atoms with Crippen LogP contribution in [0.3, 0.4) is 0 Å². The highest BCUT2D eigenvalue weighted by molar-refractivity contribution is 5.99. The van der Waals surface area contributed by atoms with Gasteiger partial charge in [-0.2, -0.15) is 0 Å². The summed E-state index contributed by atoms with van der Waals surface area (Å²) in [7, 11) is 1.56. The molecule has 0 aliphatic heterocycles. The Hall–Kier alpha value is -3.80. The highest BCUT2D eigenvalue weighted by atomic mass is 16.5. The quantitative estimate of drug-likeness (QED) is 0.629. The molecule has 3 N–H and O–H groups in total. The smallest absolute Gasteiger partial charge is 0.258 e. The molecular weight excluding hydrogens is 380 g/mol. The molecule has 0 aliphatic carbocycles. The van der Waals surface area contributed by atoms with E-state index in [9.17, 15) is 14.7 Å². The van der Waals surface area contributed by atoms with Gasteiger partial charge < -0.3 is 20.5 Å². The maximum atomic E-state index is 13.5. The van der Waals surface area contributed by atoms with Crippen LogP contribution < -0.4 is 10.5 Å². The molecule has 6 heteroatoms. The van der Waals surface area contributed by atoms with E-state index in [4.69, 9.17) is 10.5 Å². The fraction of sp³-hybridized carbons (Fsp3) is 0.167. The molecule has 3 rings (SSSR count). The van der Waals surface area contributed by atoms with Gasteiger partial charge in [-0.3, -0.25) is 9.59 Å². The number of ether oxygens (including phenoxy) is 1. The number of aryl methyl sites for hydroxylation is 1. The molecule has 1 unspecified atom stereocenters. The molecule has 6 nitrogen and oxygen atoms in total. The van der Waals surface area contributed by atoms with Gasteiger partial charge in [0.2, 0.25) is 5.91 Å². The van der Waals surface area contributed by atoms with Crippen LogP contribution in [0, 0.1) is 6.92 Å². The molecule has 0 bridgehead atoms. The number of carbonyl (C=O) groups is 2. The number of para-hydroxylation sites is 1. The van der Waals surface area contributed by atoms with Crippen LogP contribution in [0.1, 0.15) is 33.1 Å². The second-order valence-corrected chi connectivity index (χ2v) is 7.02. The van der Waals surface area contributed by atoms with Crippen LogP contribution in [0.5, 0.6) is 11.5 Å². The second kappa shape index (κ2) is 9.13. The number of hydrogen-bond acceptors (Lipinski definition) is 4. The summed E-state index contributed by atoms with van der Waals surface area (Å²) >= 11 is 0. The lowest BCUT2D eigenvalue weighted by atomic mass is 10.00. The van der Waals surface area contributed by atoms with Crippen LogP contribution in [0.4, 0.5) is 0 Å². The number of benzene rings is 3. The number of aromatic hydroxyl groups is 1. The van der Waals surface area contributed by atoms with Crippen LogP contribution in [-0.2, 0) is 11.3 Å². The molecule has 3 aromatic rings. The fourth-order valence-electron chi connectivity index (χ4n) is 3.40. The minimum atomic E-state index is -1.01. The average molecular weight is 404 g/mol. The number of primary amides is 1. The van der Waals surface area contributed by atoms with Crippen LogP contribution in [0.2, 0.25) is 0 Å². The van der Waals surface area contributed by atoms with Gasteiger partial charge in [0.15, 0.2) is 0 Å². The highest BCUT2D eigenvalue weighted by Crippen LogP contribution is 2.29. The molecule has 30 heavy (non-hydrogen) atoms. The molecule has 0 fully saturated rings. The number of amides is 2. The summed E-state index contributed by atoms with van der Waals surface area (Å²) in [6, 6.07) is 19.8. The average Bonchev–Trinajstić information content (AvgIpc) is 2.73. The van der Waals surface area contributed by atoms with Crippen molar-refractivity contribution in [1.82, 2.24) is 4.90 Å². The Labute approximate surface area is 175 Å². The Morgan fingerprint density at radius 2 is 1.77 bits per heavy atom. The minimum absolute atomic E-state index is 0.0966. The number of phenols is 1. The number of methoxy groups -OCH3 is 1. The van der Waals surface area contributed by atoms with Gasteiger partial charge in [0.25, 0.3) is 5.91 Å². The number of carbonyl (C=O) groups excluding carboxylic acids is 2. The third kappa shape index (κ3) is 4.60. The zero-order chi connectivity index (χ0) is 21.7. The Bertz CT molecular complexity index is 1060. The van der Waals surface area contributed by atoms with Gasteiger partial charge in [-0.05, 0) is 42.3 Å². The summed E-state index contributed by atoms with van der Waals surface area (Å²) in [5, 5.41) is 10.2. The number of nitrogens with two attached hydrogens (primary N) is 1. The van der Waals surface area contributed by atoms with Crippen molar-refractivity contribution in [2.45, 2.75) is 19.5 Å². The molecule has 2 amide bonds. The number of hydrogen-bond donors (Lipinski definition) is 2. The largest absolute Gasteiger partial charge is 0.507 e. The first-order valence-electron chi connectivity index (χ1n) is 9.48. The molecular formula is C24H24N2O4. The standard InChI is InChI=1S/C24H24N2O4/c1-16-7-5-9-18(13-16)22(23(25)28)26(15-17-8-6-10-19(14-17)30-2)24(29)20-11-3-4-12-21(20)27/h3-14,22,27H,15H2,1-2H3,(H2,25,28). The van der Waals surface area contributed by atoms with Gasteiger partial charge >= 0.3 is 0 Å². The lowest BCUT2D eigenvalue weighted by Crippen LogP contribution is -2.41. The fourth-order valence-corrected chi connectivity index (χ4v) is 3.40. The number of nitrogens with zero attached hydrogens (tertiary/aromatic N) is 1. The Kier molecular flexibility index (Phi) is 6.37. The molecule has 1 atom stereocenters. The SMILES string of the molecule is COc1cccc(CN(C(=O)c2ccccc2O)C(C(N)=O)c2cccc(C)c2)c1. The van der Waals surface area contributed by atoms with Gasteiger partial charge in [0.05, 0.1) is 12.7 Å². The van der Waals surface area contributed by atoms with E-state index in [1.54, 1.807) is 37.4 Å². The van der Waals surface area contributed by atoms with E-state index in [-0.39, 0.29) is 17.9 Å². The summed E-state index contributed by atoms with van der Waals surface area (Å²) in [4.78, 5) is 27.4. The van der Waals surface area contributed by atoms with Crippen LogP contribution in [-0.4, -0.2) is 28.9 Å². The molecule has 0 aromatic heterocycles. The third-order valence-corrected chi connectivity index (χ3v) is 4.82. The van der Waals surface area contributed by atoms with Gasteiger partial charge in [-0.25, -0.2) is 0 Å².